The first-order chi connectivity index (χ1) is 16.2. The van der Waals surface area contributed by atoms with Crippen molar-refractivity contribution < 1.29 is 9.84 Å². The van der Waals surface area contributed by atoms with Gasteiger partial charge in [0.25, 0.3) is 0 Å². The molecule has 1 N–H and O–H groups in total. The number of hydrogen-bond acceptors (Lipinski definition) is 4. The van der Waals surface area contributed by atoms with Crippen LogP contribution in [-0.2, 0) is 12.8 Å². The third-order valence-electron chi connectivity index (χ3n) is 6.43. The zero-order chi connectivity index (χ0) is 22.9. The number of aryl methyl sites for hydroxylation is 2. The Morgan fingerprint density at radius 3 is 2.06 bits per heavy atom. The van der Waals surface area contributed by atoms with E-state index in [1.165, 1.54) is 16.8 Å². The van der Waals surface area contributed by atoms with Gasteiger partial charge in [0.05, 0.1) is 0 Å². The SMILES string of the molecule is CC(O)C(Oc1ccccc1CCCCc1ccccc1)N1CCN(c2ccccc2)CC1. The topological polar surface area (TPSA) is 35.9 Å². The fraction of sp³-hybridized carbons (Fsp3) is 0.379. The second kappa shape index (κ2) is 11.9. The van der Waals surface area contributed by atoms with Gasteiger partial charge in [0.1, 0.15) is 11.9 Å². The van der Waals surface area contributed by atoms with Crippen LogP contribution in [0.4, 0.5) is 5.69 Å². The van der Waals surface area contributed by atoms with E-state index in [0.717, 1.165) is 57.6 Å². The van der Waals surface area contributed by atoms with Gasteiger partial charge in [-0.15, -0.1) is 0 Å². The van der Waals surface area contributed by atoms with Crippen LogP contribution in [0, 0.1) is 0 Å². The van der Waals surface area contributed by atoms with Crippen LogP contribution in [0.5, 0.6) is 5.75 Å². The maximum Gasteiger partial charge on any atom is 0.178 e. The van der Waals surface area contributed by atoms with Gasteiger partial charge in [-0.05, 0) is 61.9 Å². The molecule has 0 amide bonds. The first-order valence-electron chi connectivity index (χ1n) is 12.2. The molecule has 3 aromatic rings. The smallest absolute Gasteiger partial charge is 0.178 e. The van der Waals surface area contributed by atoms with Gasteiger partial charge in [0.2, 0.25) is 0 Å². The second-order valence-electron chi connectivity index (χ2n) is 8.91. The summed E-state index contributed by atoms with van der Waals surface area (Å²) >= 11 is 0. The third-order valence-corrected chi connectivity index (χ3v) is 6.43. The molecule has 2 unspecified atom stereocenters. The Kier molecular flexibility index (Phi) is 8.40. The van der Waals surface area contributed by atoms with Crippen LogP contribution in [0.3, 0.4) is 0 Å². The van der Waals surface area contributed by atoms with E-state index in [9.17, 15) is 5.11 Å². The van der Waals surface area contributed by atoms with E-state index in [-0.39, 0.29) is 6.23 Å². The van der Waals surface area contributed by atoms with Crippen LogP contribution >= 0.6 is 0 Å². The van der Waals surface area contributed by atoms with Crippen molar-refractivity contribution >= 4 is 5.69 Å². The van der Waals surface area contributed by atoms with Gasteiger partial charge in [-0.1, -0.05) is 66.7 Å². The summed E-state index contributed by atoms with van der Waals surface area (Å²) in [6.07, 6.45) is 3.44. The molecule has 0 aliphatic carbocycles. The maximum atomic E-state index is 10.6. The quantitative estimate of drug-likeness (QED) is 0.438. The summed E-state index contributed by atoms with van der Waals surface area (Å²) in [7, 11) is 0. The van der Waals surface area contributed by atoms with Gasteiger partial charge < -0.3 is 14.7 Å². The lowest BCUT2D eigenvalue weighted by atomic mass is 10.0. The molecular weight excluding hydrogens is 408 g/mol. The number of benzene rings is 3. The summed E-state index contributed by atoms with van der Waals surface area (Å²) in [6, 6.07) is 29.5. The molecule has 0 spiro atoms. The Morgan fingerprint density at radius 1 is 0.758 bits per heavy atom. The Labute approximate surface area is 198 Å². The van der Waals surface area contributed by atoms with Crippen LogP contribution < -0.4 is 9.64 Å². The third kappa shape index (κ3) is 6.59. The minimum Gasteiger partial charge on any atom is -0.472 e. The monoisotopic (exact) mass is 444 g/mol. The molecule has 4 nitrogen and oxygen atoms in total. The number of nitrogens with zero attached hydrogens (tertiary/aromatic N) is 2. The van der Waals surface area contributed by atoms with Crippen molar-refractivity contribution in [2.75, 3.05) is 31.1 Å². The summed E-state index contributed by atoms with van der Waals surface area (Å²) in [5.74, 6) is 0.897. The lowest BCUT2D eigenvalue weighted by Crippen LogP contribution is -2.55. The molecule has 33 heavy (non-hydrogen) atoms. The normalized spacial score (nSPS) is 16.4. The average Bonchev–Trinajstić information content (AvgIpc) is 2.87. The van der Waals surface area contributed by atoms with Crippen molar-refractivity contribution in [3.63, 3.8) is 0 Å². The summed E-state index contributed by atoms with van der Waals surface area (Å²) in [5, 5.41) is 10.6. The highest BCUT2D eigenvalue weighted by Gasteiger charge is 2.29. The van der Waals surface area contributed by atoms with Crippen molar-refractivity contribution in [2.24, 2.45) is 0 Å². The van der Waals surface area contributed by atoms with E-state index in [1.807, 2.05) is 19.1 Å². The highest BCUT2D eigenvalue weighted by Crippen LogP contribution is 2.25. The second-order valence-corrected chi connectivity index (χ2v) is 8.91. The van der Waals surface area contributed by atoms with Crippen molar-refractivity contribution in [3.05, 3.63) is 96.1 Å². The molecule has 0 radical (unpaired) electrons. The highest BCUT2D eigenvalue weighted by molar-refractivity contribution is 5.46. The number of rotatable bonds is 10. The maximum absolute atomic E-state index is 10.6. The van der Waals surface area contributed by atoms with Gasteiger partial charge >= 0.3 is 0 Å². The molecule has 0 aromatic heterocycles. The van der Waals surface area contributed by atoms with E-state index >= 15 is 0 Å². The van der Waals surface area contributed by atoms with Crippen molar-refractivity contribution in [1.29, 1.82) is 0 Å². The van der Waals surface area contributed by atoms with E-state index in [2.05, 4.69) is 82.6 Å². The van der Waals surface area contributed by atoms with E-state index < -0.39 is 6.10 Å². The van der Waals surface area contributed by atoms with E-state index in [1.54, 1.807) is 0 Å². The Hall–Kier alpha value is -2.82. The highest BCUT2D eigenvalue weighted by atomic mass is 16.5. The lowest BCUT2D eigenvalue weighted by molar-refractivity contribution is -0.0605. The first-order valence-corrected chi connectivity index (χ1v) is 12.2. The van der Waals surface area contributed by atoms with Crippen molar-refractivity contribution in [3.8, 4) is 5.75 Å². The number of hydrogen-bond donors (Lipinski definition) is 1. The zero-order valence-corrected chi connectivity index (χ0v) is 19.6. The number of para-hydroxylation sites is 2. The van der Waals surface area contributed by atoms with Crippen LogP contribution in [0.15, 0.2) is 84.9 Å². The Morgan fingerprint density at radius 2 is 1.36 bits per heavy atom. The summed E-state index contributed by atoms with van der Waals surface area (Å²) in [6.45, 7) is 5.42. The zero-order valence-electron chi connectivity index (χ0n) is 19.6. The molecule has 0 bridgehead atoms. The molecule has 4 rings (SSSR count). The molecule has 1 saturated heterocycles. The number of aliphatic hydroxyl groups excluding tert-OH is 1. The molecule has 1 fully saturated rings. The molecule has 1 heterocycles. The predicted molar refractivity (Wildman–Crippen MR) is 136 cm³/mol. The Balaban J connectivity index is 1.33. The van der Waals surface area contributed by atoms with Crippen LogP contribution in [0.1, 0.15) is 30.9 Å². The van der Waals surface area contributed by atoms with E-state index in [4.69, 9.17) is 4.74 Å². The standard InChI is InChI=1S/C29H36N2O2/c1-24(32)29(31-22-20-30(21-23-31)27-17-6-3-7-18-27)33-28-19-11-10-16-26(28)15-9-8-14-25-12-4-2-5-13-25/h2-7,10-13,16-19,24,29,32H,8-9,14-15,20-23H2,1H3. The molecule has 4 heteroatoms. The lowest BCUT2D eigenvalue weighted by Gasteiger charge is -2.41. The average molecular weight is 445 g/mol. The minimum absolute atomic E-state index is 0.339. The predicted octanol–water partition coefficient (Wildman–Crippen LogP) is 5.16. The minimum atomic E-state index is -0.570. The van der Waals surface area contributed by atoms with Gasteiger partial charge in [-0.25, -0.2) is 0 Å². The molecule has 1 aliphatic rings. The fourth-order valence-corrected chi connectivity index (χ4v) is 4.60. The molecular formula is C29H36N2O2. The summed E-state index contributed by atoms with van der Waals surface area (Å²) < 4.78 is 6.46. The van der Waals surface area contributed by atoms with Crippen molar-refractivity contribution in [2.45, 2.75) is 44.9 Å². The number of aliphatic hydroxyl groups is 1. The molecule has 2 atom stereocenters. The van der Waals surface area contributed by atoms with Crippen LogP contribution in [-0.4, -0.2) is 48.5 Å². The van der Waals surface area contributed by atoms with Gasteiger partial charge in [-0.3, -0.25) is 4.90 Å². The van der Waals surface area contributed by atoms with Gasteiger partial charge in [0, 0.05) is 31.9 Å². The largest absolute Gasteiger partial charge is 0.472 e. The summed E-state index contributed by atoms with van der Waals surface area (Å²) in [4.78, 5) is 4.67. The molecule has 3 aromatic carbocycles. The number of ether oxygens (including phenoxy) is 1. The van der Waals surface area contributed by atoms with Gasteiger partial charge in [0.15, 0.2) is 6.23 Å². The number of unbranched alkanes of at least 4 members (excludes halogenated alkanes) is 1. The fourth-order valence-electron chi connectivity index (χ4n) is 4.60. The number of anilines is 1. The molecule has 1 aliphatic heterocycles. The van der Waals surface area contributed by atoms with Crippen molar-refractivity contribution in [1.82, 2.24) is 4.90 Å². The van der Waals surface area contributed by atoms with E-state index in [0.29, 0.717) is 0 Å². The van der Waals surface area contributed by atoms with Crippen LogP contribution in [0.2, 0.25) is 0 Å². The Bertz CT molecular complexity index is 954. The van der Waals surface area contributed by atoms with Gasteiger partial charge in [-0.2, -0.15) is 0 Å². The first kappa shape index (κ1) is 23.3. The summed E-state index contributed by atoms with van der Waals surface area (Å²) in [5.41, 5.74) is 3.87. The number of piperazine rings is 1. The van der Waals surface area contributed by atoms with Crippen LogP contribution in [0.25, 0.3) is 0 Å². The molecule has 174 valence electrons. The molecule has 0 saturated carbocycles.